The molecule has 0 aliphatic rings. The Bertz CT molecular complexity index is 395. The Morgan fingerprint density at radius 2 is 1.95 bits per heavy atom. The van der Waals surface area contributed by atoms with Crippen molar-refractivity contribution in [2.45, 2.75) is 59.0 Å². The van der Waals surface area contributed by atoms with Crippen molar-refractivity contribution in [1.29, 1.82) is 0 Å². The van der Waals surface area contributed by atoms with E-state index in [1.807, 2.05) is 18.7 Å². The summed E-state index contributed by atoms with van der Waals surface area (Å²) in [6.07, 6.45) is 1.94. The summed E-state index contributed by atoms with van der Waals surface area (Å²) in [5.41, 5.74) is 8.87. The van der Waals surface area contributed by atoms with Gasteiger partial charge >= 0.3 is 0 Å². The maximum absolute atomic E-state index is 6.54. The number of aromatic nitrogens is 2. The van der Waals surface area contributed by atoms with Crippen LogP contribution in [0.1, 0.15) is 45.5 Å². The van der Waals surface area contributed by atoms with Crippen LogP contribution in [0.2, 0.25) is 0 Å². The van der Waals surface area contributed by atoms with Gasteiger partial charge in [-0.2, -0.15) is 5.10 Å². The van der Waals surface area contributed by atoms with Crippen LogP contribution in [0.25, 0.3) is 0 Å². The number of hydrogen-bond acceptors (Lipinski definition) is 3. The van der Waals surface area contributed by atoms with Crippen molar-refractivity contribution in [3.63, 3.8) is 0 Å². The van der Waals surface area contributed by atoms with Crippen molar-refractivity contribution < 1.29 is 0 Å². The fourth-order valence-corrected chi connectivity index (χ4v) is 2.97. The predicted octanol–water partition coefficient (Wildman–Crippen LogP) is 2.11. The van der Waals surface area contributed by atoms with E-state index in [1.54, 1.807) is 0 Å². The van der Waals surface area contributed by atoms with E-state index >= 15 is 0 Å². The lowest BCUT2D eigenvalue weighted by molar-refractivity contribution is 0.0839. The molecule has 0 bridgehead atoms. The molecule has 0 aromatic carbocycles. The standard InChI is InChI=1S/C15H30N4/c1-7-15(5,19(8-2)9-3)14(16)11-13-10-12(4)17-18(13)6/h10,14H,7-9,11,16H2,1-6H3. The van der Waals surface area contributed by atoms with Crippen molar-refractivity contribution in [2.75, 3.05) is 13.1 Å². The van der Waals surface area contributed by atoms with Crippen molar-refractivity contribution in [2.24, 2.45) is 12.8 Å². The summed E-state index contributed by atoms with van der Waals surface area (Å²) in [4.78, 5) is 2.47. The summed E-state index contributed by atoms with van der Waals surface area (Å²) in [6, 6.07) is 2.25. The molecule has 0 aliphatic heterocycles. The molecule has 0 fully saturated rings. The van der Waals surface area contributed by atoms with Gasteiger partial charge in [-0.05, 0) is 39.4 Å². The summed E-state index contributed by atoms with van der Waals surface area (Å²) in [5, 5.41) is 4.40. The number of nitrogens with zero attached hydrogens (tertiary/aromatic N) is 3. The molecule has 0 saturated heterocycles. The van der Waals surface area contributed by atoms with Crippen molar-refractivity contribution >= 4 is 0 Å². The minimum atomic E-state index is 0.0433. The molecule has 1 aromatic heterocycles. The Balaban J connectivity index is 2.90. The molecule has 4 nitrogen and oxygen atoms in total. The second-order valence-corrected chi connectivity index (χ2v) is 5.59. The van der Waals surface area contributed by atoms with Gasteiger partial charge in [-0.3, -0.25) is 9.58 Å². The smallest absolute Gasteiger partial charge is 0.0596 e. The molecule has 1 heterocycles. The number of likely N-dealkylation sites (N-methyl/N-ethyl adjacent to an activating group) is 1. The van der Waals surface area contributed by atoms with Crippen LogP contribution in [-0.4, -0.2) is 39.4 Å². The molecule has 2 N–H and O–H groups in total. The first kappa shape index (κ1) is 16.2. The van der Waals surface area contributed by atoms with E-state index in [1.165, 1.54) is 5.69 Å². The van der Waals surface area contributed by atoms with E-state index in [9.17, 15) is 0 Å². The number of hydrogen-bond donors (Lipinski definition) is 1. The zero-order valence-electron chi connectivity index (χ0n) is 13.4. The monoisotopic (exact) mass is 266 g/mol. The average molecular weight is 266 g/mol. The van der Waals surface area contributed by atoms with Gasteiger partial charge in [-0.1, -0.05) is 20.8 Å². The first-order chi connectivity index (χ1) is 8.88. The van der Waals surface area contributed by atoms with Gasteiger partial charge in [-0.15, -0.1) is 0 Å². The van der Waals surface area contributed by atoms with Crippen molar-refractivity contribution in [3.8, 4) is 0 Å². The Kier molecular flexibility index (Phi) is 5.56. The zero-order valence-corrected chi connectivity index (χ0v) is 13.4. The summed E-state index contributed by atoms with van der Waals surface area (Å²) >= 11 is 0. The fourth-order valence-electron chi connectivity index (χ4n) is 2.97. The SMILES string of the molecule is CCN(CC)C(C)(CC)C(N)Cc1cc(C)nn1C. The molecule has 19 heavy (non-hydrogen) atoms. The van der Waals surface area contributed by atoms with E-state index in [0.717, 1.165) is 31.6 Å². The third-order valence-electron chi connectivity index (χ3n) is 4.53. The van der Waals surface area contributed by atoms with Gasteiger partial charge in [0.25, 0.3) is 0 Å². The summed E-state index contributed by atoms with van der Waals surface area (Å²) < 4.78 is 1.95. The van der Waals surface area contributed by atoms with Gasteiger partial charge < -0.3 is 5.73 Å². The van der Waals surface area contributed by atoms with Crippen LogP contribution in [0.5, 0.6) is 0 Å². The van der Waals surface area contributed by atoms with Crippen molar-refractivity contribution in [3.05, 3.63) is 17.5 Å². The quantitative estimate of drug-likeness (QED) is 0.822. The molecule has 2 unspecified atom stereocenters. The molecule has 0 radical (unpaired) electrons. The molecular formula is C15H30N4. The molecule has 0 amide bonds. The van der Waals surface area contributed by atoms with Gasteiger partial charge in [0.2, 0.25) is 0 Å². The third-order valence-corrected chi connectivity index (χ3v) is 4.53. The molecule has 1 rings (SSSR count). The van der Waals surface area contributed by atoms with E-state index in [4.69, 9.17) is 5.73 Å². The average Bonchev–Trinajstić information content (AvgIpc) is 2.68. The minimum absolute atomic E-state index is 0.0433. The number of nitrogens with two attached hydrogens (primary N) is 1. The first-order valence-electron chi connectivity index (χ1n) is 7.39. The van der Waals surface area contributed by atoms with Gasteiger partial charge in [0.1, 0.15) is 0 Å². The van der Waals surface area contributed by atoms with Crippen LogP contribution in [0, 0.1) is 6.92 Å². The fraction of sp³-hybridized carbons (Fsp3) is 0.800. The van der Waals surface area contributed by atoms with E-state index < -0.39 is 0 Å². The number of rotatable bonds is 7. The van der Waals surface area contributed by atoms with Gasteiger partial charge in [-0.25, -0.2) is 0 Å². The topological polar surface area (TPSA) is 47.1 Å². The Morgan fingerprint density at radius 3 is 2.32 bits per heavy atom. The van der Waals surface area contributed by atoms with Crippen LogP contribution in [-0.2, 0) is 13.5 Å². The molecule has 4 heteroatoms. The van der Waals surface area contributed by atoms with Gasteiger partial charge in [0.15, 0.2) is 0 Å². The van der Waals surface area contributed by atoms with Crippen LogP contribution in [0.3, 0.4) is 0 Å². The van der Waals surface area contributed by atoms with Crippen LogP contribution in [0.4, 0.5) is 0 Å². The third kappa shape index (κ3) is 3.37. The highest BCUT2D eigenvalue weighted by atomic mass is 15.3. The Hall–Kier alpha value is -0.870. The second-order valence-electron chi connectivity index (χ2n) is 5.59. The number of aryl methyl sites for hydroxylation is 2. The Labute approximate surface area is 118 Å². The normalized spacial score (nSPS) is 16.6. The van der Waals surface area contributed by atoms with Crippen LogP contribution in [0.15, 0.2) is 6.07 Å². The summed E-state index contributed by atoms with van der Waals surface area (Å²) in [5.74, 6) is 0. The lowest BCUT2D eigenvalue weighted by Crippen LogP contribution is -2.58. The second kappa shape index (κ2) is 6.53. The predicted molar refractivity (Wildman–Crippen MR) is 81.2 cm³/mol. The molecule has 2 atom stereocenters. The molecule has 0 aliphatic carbocycles. The van der Waals surface area contributed by atoms with Crippen LogP contribution < -0.4 is 5.73 Å². The lowest BCUT2D eigenvalue weighted by atomic mass is 9.85. The highest BCUT2D eigenvalue weighted by molar-refractivity contribution is 5.12. The van der Waals surface area contributed by atoms with E-state index in [0.29, 0.717) is 0 Å². The molecular weight excluding hydrogens is 236 g/mol. The highest BCUT2D eigenvalue weighted by Crippen LogP contribution is 2.24. The van der Waals surface area contributed by atoms with E-state index in [-0.39, 0.29) is 11.6 Å². The lowest BCUT2D eigenvalue weighted by Gasteiger charge is -2.44. The highest BCUT2D eigenvalue weighted by Gasteiger charge is 2.35. The molecule has 0 saturated carbocycles. The van der Waals surface area contributed by atoms with Gasteiger partial charge in [0.05, 0.1) is 5.69 Å². The van der Waals surface area contributed by atoms with Crippen molar-refractivity contribution in [1.82, 2.24) is 14.7 Å². The maximum Gasteiger partial charge on any atom is 0.0596 e. The van der Waals surface area contributed by atoms with Crippen LogP contribution >= 0.6 is 0 Å². The van der Waals surface area contributed by atoms with E-state index in [2.05, 4.69) is 43.8 Å². The zero-order chi connectivity index (χ0) is 14.6. The summed E-state index contributed by atoms with van der Waals surface area (Å²) in [6.45, 7) is 13.0. The largest absolute Gasteiger partial charge is 0.326 e. The maximum atomic E-state index is 6.54. The summed E-state index contributed by atoms with van der Waals surface area (Å²) in [7, 11) is 2.00. The first-order valence-corrected chi connectivity index (χ1v) is 7.39. The Morgan fingerprint density at radius 1 is 1.37 bits per heavy atom. The minimum Gasteiger partial charge on any atom is -0.326 e. The molecule has 110 valence electrons. The molecule has 0 spiro atoms. The van der Waals surface area contributed by atoms with Gasteiger partial charge in [0, 0.05) is 30.7 Å². The molecule has 1 aromatic rings.